The molecule has 0 bridgehead atoms. The number of rotatable bonds is 1. The summed E-state index contributed by atoms with van der Waals surface area (Å²) in [5, 5.41) is 3.21. The average molecular weight is 256 g/mol. The van der Waals surface area contributed by atoms with Crippen molar-refractivity contribution >= 4 is 21.5 Å². The van der Waals surface area contributed by atoms with Crippen LogP contribution in [-0.4, -0.2) is 13.1 Å². The Hall–Kier alpha value is -0.670. The molecule has 14 heavy (non-hydrogen) atoms. The van der Waals surface area contributed by atoms with Crippen molar-refractivity contribution in [3.8, 4) is 0 Å². The normalized spacial score (nSPS) is 16.6. The first-order valence-corrected chi connectivity index (χ1v) is 5.42. The molecule has 2 rings (SSSR count). The van der Waals surface area contributed by atoms with Gasteiger partial charge in [-0.05, 0) is 30.7 Å². The van der Waals surface area contributed by atoms with E-state index in [1.165, 1.54) is 6.07 Å². The zero-order chi connectivity index (χ0) is 9.97. The summed E-state index contributed by atoms with van der Waals surface area (Å²) in [6.45, 7) is 1.77. The SMILES string of the molecule is Fc1cc(Br)ccc1C1=CCNCC1. The van der Waals surface area contributed by atoms with Crippen molar-refractivity contribution in [3.63, 3.8) is 0 Å². The summed E-state index contributed by atoms with van der Waals surface area (Å²) in [5.41, 5.74) is 1.84. The second kappa shape index (κ2) is 4.24. The second-order valence-electron chi connectivity index (χ2n) is 3.31. The minimum absolute atomic E-state index is 0.146. The monoisotopic (exact) mass is 255 g/mol. The van der Waals surface area contributed by atoms with Gasteiger partial charge in [0.05, 0.1) is 0 Å². The number of hydrogen-bond donors (Lipinski definition) is 1. The fourth-order valence-electron chi connectivity index (χ4n) is 1.62. The van der Waals surface area contributed by atoms with Crippen molar-refractivity contribution in [1.29, 1.82) is 0 Å². The summed E-state index contributed by atoms with van der Waals surface area (Å²) in [5.74, 6) is -0.146. The van der Waals surface area contributed by atoms with Crippen LogP contribution >= 0.6 is 15.9 Å². The van der Waals surface area contributed by atoms with E-state index in [1.807, 2.05) is 12.1 Å². The van der Waals surface area contributed by atoms with Crippen LogP contribution < -0.4 is 5.32 Å². The predicted octanol–water partition coefficient (Wildman–Crippen LogP) is 2.96. The smallest absolute Gasteiger partial charge is 0.131 e. The lowest BCUT2D eigenvalue weighted by atomic mass is 10.00. The third kappa shape index (κ3) is 2.04. The van der Waals surface area contributed by atoms with E-state index >= 15 is 0 Å². The lowest BCUT2D eigenvalue weighted by Gasteiger charge is -2.14. The molecule has 1 aliphatic rings. The highest BCUT2D eigenvalue weighted by Crippen LogP contribution is 2.24. The van der Waals surface area contributed by atoms with Gasteiger partial charge in [-0.1, -0.05) is 28.1 Å². The molecule has 1 heterocycles. The Kier molecular flexibility index (Phi) is 2.99. The van der Waals surface area contributed by atoms with E-state index in [2.05, 4.69) is 27.3 Å². The van der Waals surface area contributed by atoms with E-state index in [0.717, 1.165) is 35.1 Å². The number of benzene rings is 1. The van der Waals surface area contributed by atoms with Crippen LogP contribution in [0.5, 0.6) is 0 Å². The minimum Gasteiger partial charge on any atom is -0.313 e. The molecule has 1 aromatic carbocycles. The zero-order valence-electron chi connectivity index (χ0n) is 7.69. The molecule has 1 aromatic rings. The molecule has 74 valence electrons. The van der Waals surface area contributed by atoms with Crippen LogP contribution in [0.1, 0.15) is 12.0 Å². The molecule has 0 atom stereocenters. The van der Waals surface area contributed by atoms with Gasteiger partial charge in [-0.2, -0.15) is 0 Å². The summed E-state index contributed by atoms with van der Waals surface area (Å²) < 4.78 is 14.3. The standard InChI is InChI=1S/C11H11BrFN/c12-9-1-2-10(11(13)7-9)8-3-5-14-6-4-8/h1-3,7,14H,4-6H2. The quantitative estimate of drug-likeness (QED) is 0.814. The van der Waals surface area contributed by atoms with Crippen molar-refractivity contribution < 1.29 is 4.39 Å². The Labute approximate surface area is 91.1 Å². The first-order chi connectivity index (χ1) is 6.77. The lowest BCUT2D eigenvalue weighted by molar-refractivity contribution is 0.620. The van der Waals surface area contributed by atoms with Crippen LogP contribution in [0.25, 0.3) is 5.57 Å². The Morgan fingerprint density at radius 3 is 2.86 bits per heavy atom. The van der Waals surface area contributed by atoms with Crippen molar-refractivity contribution in [1.82, 2.24) is 5.32 Å². The van der Waals surface area contributed by atoms with Crippen LogP contribution in [0.2, 0.25) is 0 Å². The van der Waals surface area contributed by atoms with Crippen molar-refractivity contribution in [2.45, 2.75) is 6.42 Å². The average Bonchev–Trinajstić information content (AvgIpc) is 2.19. The minimum atomic E-state index is -0.146. The van der Waals surface area contributed by atoms with Gasteiger partial charge >= 0.3 is 0 Å². The Bertz CT molecular complexity index is 374. The Morgan fingerprint density at radius 1 is 1.36 bits per heavy atom. The first kappa shape index (κ1) is 9.87. The fraction of sp³-hybridized carbons (Fsp3) is 0.273. The summed E-state index contributed by atoms with van der Waals surface area (Å²) in [6, 6.07) is 5.22. The van der Waals surface area contributed by atoms with Gasteiger partial charge in [0.15, 0.2) is 0 Å². The highest BCUT2D eigenvalue weighted by Gasteiger charge is 2.10. The second-order valence-corrected chi connectivity index (χ2v) is 4.22. The Balaban J connectivity index is 2.35. The lowest BCUT2D eigenvalue weighted by Crippen LogP contribution is -2.20. The number of nitrogens with one attached hydrogen (secondary N) is 1. The van der Waals surface area contributed by atoms with Gasteiger partial charge < -0.3 is 5.32 Å². The molecule has 0 aromatic heterocycles. The van der Waals surface area contributed by atoms with Crippen LogP contribution in [0.15, 0.2) is 28.7 Å². The van der Waals surface area contributed by atoms with Crippen molar-refractivity contribution in [2.24, 2.45) is 0 Å². The summed E-state index contributed by atoms with van der Waals surface area (Å²) in [7, 11) is 0. The molecular weight excluding hydrogens is 245 g/mol. The molecule has 0 spiro atoms. The van der Waals surface area contributed by atoms with E-state index in [4.69, 9.17) is 0 Å². The fourth-order valence-corrected chi connectivity index (χ4v) is 1.95. The Morgan fingerprint density at radius 2 is 2.21 bits per heavy atom. The maximum atomic E-state index is 13.5. The van der Waals surface area contributed by atoms with E-state index in [-0.39, 0.29) is 5.82 Å². The number of halogens is 2. The third-order valence-electron chi connectivity index (χ3n) is 2.34. The maximum Gasteiger partial charge on any atom is 0.131 e. The van der Waals surface area contributed by atoms with Gasteiger partial charge in [0, 0.05) is 16.6 Å². The van der Waals surface area contributed by atoms with Gasteiger partial charge in [0.1, 0.15) is 5.82 Å². The molecular formula is C11H11BrFN. The van der Waals surface area contributed by atoms with E-state index in [1.54, 1.807) is 0 Å². The zero-order valence-corrected chi connectivity index (χ0v) is 9.27. The molecule has 1 nitrogen and oxygen atoms in total. The van der Waals surface area contributed by atoms with Crippen LogP contribution in [-0.2, 0) is 0 Å². The predicted molar refractivity (Wildman–Crippen MR) is 59.6 cm³/mol. The third-order valence-corrected chi connectivity index (χ3v) is 2.83. The highest BCUT2D eigenvalue weighted by atomic mass is 79.9. The van der Waals surface area contributed by atoms with Gasteiger partial charge in [0.25, 0.3) is 0 Å². The summed E-state index contributed by atoms with van der Waals surface area (Å²) >= 11 is 3.25. The molecule has 0 unspecified atom stereocenters. The van der Waals surface area contributed by atoms with Gasteiger partial charge in [-0.3, -0.25) is 0 Å². The molecule has 0 aliphatic carbocycles. The molecule has 0 amide bonds. The van der Waals surface area contributed by atoms with Crippen LogP contribution in [0.4, 0.5) is 4.39 Å². The van der Waals surface area contributed by atoms with Gasteiger partial charge in [-0.15, -0.1) is 0 Å². The first-order valence-electron chi connectivity index (χ1n) is 4.62. The van der Waals surface area contributed by atoms with E-state index < -0.39 is 0 Å². The van der Waals surface area contributed by atoms with E-state index in [0.29, 0.717) is 0 Å². The molecule has 3 heteroatoms. The molecule has 0 radical (unpaired) electrons. The maximum absolute atomic E-state index is 13.5. The number of hydrogen-bond acceptors (Lipinski definition) is 1. The highest BCUT2D eigenvalue weighted by molar-refractivity contribution is 9.10. The summed E-state index contributed by atoms with van der Waals surface area (Å²) in [4.78, 5) is 0. The van der Waals surface area contributed by atoms with Gasteiger partial charge in [-0.25, -0.2) is 4.39 Å². The summed E-state index contributed by atoms with van der Waals surface area (Å²) in [6.07, 6.45) is 2.95. The van der Waals surface area contributed by atoms with E-state index in [9.17, 15) is 4.39 Å². The largest absolute Gasteiger partial charge is 0.313 e. The molecule has 0 saturated heterocycles. The van der Waals surface area contributed by atoms with Gasteiger partial charge in [0.2, 0.25) is 0 Å². The van der Waals surface area contributed by atoms with Crippen LogP contribution in [0.3, 0.4) is 0 Å². The van der Waals surface area contributed by atoms with Crippen molar-refractivity contribution in [2.75, 3.05) is 13.1 Å². The molecule has 1 aliphatic heterocycles. The molecule has 0 saturated carbocycles. The molecule has 0 fully saturated rings. The molecule has 1 N–H and O–H groups in total. The van der Waals surface area contributed by atoms with Crippen molar-refractivity contribution in [3.05, 3.63) is 40.1 Å². The topological polar surface area (TPSA) is 12.0 Å². The van der Waals surface area contributed by atoms with Crippen LogP contribution in [0, 0.1) is 5.82 Å².